The lowest BCUT2D eigenvalue weighted by molar-refractivity contribution is 1.25. The van der Waals surface area contributed by atoms with E-state index in [4.69, 9.17) is 5.73 Å². The molecule has 3 nitrogen and oxygen atoms in total. The summed E-state index contributed by atoms with van der Waals surface area (Å²) in [5.41, 5.74) is 9.66. The predicted molar refractivity (Wildman–Crippen MR) is 82.5 cm³/mol. The number of nitrogen functional groups attached to an aromatic ring is 1. The molecule has 0 saturated heterocycles. The van der Waals surface area contributed by atoms with Crippen molar-refractivity contribution in [1.82, 2.24) is 9.97 Å². The maximum absolute atomic E-state index is 5.99. The van der Waals surface area contributed by atoms with Crippen molar-refractivity contribution in [3.63, 3.8) is 0 Å². The molecule has 0 atom stereocenters. The second-order valence-corrected chi connectivity index (χ2v) is 6.53. The van der Waals surface area contributed by atoms with Gasteiger partial charge in [0.25, 0.3) is 0 Å². The SMILES string of the molecule is Cc1nc(-c2csc(-c3ccccc3N)n2)c(C)s1. The Hall–Kier alpha value is -1.72. The lowest BCUT2D eigenvalue weighted by Gasteiger charge is -2.00. The quantitative estimate of drug-likeness (QED) is 0.721. The van der Waals surface area contributed by atoms with Crippen molar-refractivity contribution in [3.8, 4) is 22.0 Å². The monoisotopic (exact) mass is 287 g/mol. The van der Waals surface area contributed by atoms with Gasteiger partial charge in [-0.15, -0.1) is 22.7 Å². The number of hydrogen-bond donors (Lipinski definition) is 1. The van der Waals surface area contributed by atoms with Crippen LogP contribution < -0.4 is 5.73 Å². The number of anilines is 1. The van der Waals surface area contributed by atoms with E-state index in [0.717, 1.165) is 32.7 Å². The normalized spacial score (nSPS) is 10.8. The van der Waals surface area contributed by atoms with E-state index in [1.807, 2.05) is 36.6 Å². The Bertz CT molecular complexity index is 728. The van der Waals surface area contributed by atoms with Gasteiger partial charge in [0, 0.05) is 21.5 Å². The number of hydrogen-bond acceptors (Lipinski definition) is 5. The van der Waals surface area contributed by atoms with Gasteiger partial charge in [0.05, 0.1) is 5.01 Å². The molecule has 2 N–H and O–H groups in total. The molecule has 5 heteroatoms. The third-order valence-electron chi connectivity index (χ3n) is 2.84. The van der Waals surface area contributed by atoms with E-state index >= 15 is 0 Å². The first-order chi connectivity index (χ1) is 9.15. The molecule has 2 heterocycles. The predicted octanol–water partition coefficient (Wildman–Crippen LogP) is 4.13. The number of rotatable bonds is 2. The molecule has 0 aliphatic rings. The zero-order chi connectivity index (χ0) is 13.4. The number of aromatic nitrogens is 2. The van der Waals surface area contributed by atoms with Crippen LogP contribution in [0, 0.1) is 13.8 Å². The van der Waals surface area contributed by atoms with Crippen LogP contribution in [-0.4, -0.2) is 9.97 Å². The van der Waals surface area contributed by atoms with E-state index in [1.54, 1.807) is 22.7 Å². The van der Waals surface area contributed by atoms with E-state index in [2.05, 4.69) is 16.9 Å². The average Bonchev–Trinajstić information content (AvgIpc) is 2.96. The number of thiazole rings is 2. The summed E-state index contributed by atoms with van der Waals surface area (Å²) in [5.74, 6) is 0. The van der Waals surface area contributed by atoms with Crippen LogP contribution in [0.5, 0.6) is 0 Å². The summed E-state index contributed by atoms with van der Waals surface area (Å²) in [4.78, 5) is 10.4. The van der Waals surface area contributed by atoms with Crippen LogP contribution in [0.2, 0.25) is 0 Å². The van der Waals surface area contributed by atoms with Crippen molar-refractivity contribution >= 4 is 28.4 Å². The molecular formula is C14H13N3S2. The van der Waals surface area contributed by atoms with E-state index in [-0.39, 0.29) is 0 Å². The zero-order valence-corrected chi connectivity index (χ0v) is 12.3. The van der Waals surface area contributed by atoms with Crippen LogP contribution in [-0.2, 0) is 0 Å². The molecule has 1 aromatic carbocycles. The Kier molecular flexibility index (Phi) is 3.08. The summed E-state index contributed by atoms with van der Waals surface area (Å²) in [6, 6.07) is 7.80. The summed E-state index contributed by atoms with van der Waals surface area (Å²) < 4.78 is 0. The van der Waals surface area contributed by atoms with Crippen molar-refractivity contribution in [3.05, 3.63) is 39.5 Å². The Labute approximate surface area is 119 Å². The molecule has 0 radical (unpaired) electrons. The molecule has 0 spiro atoms. The molecule has 3 aromatic rings. The van der Waals surface area contributed by atoms with Crippen molar-refractivity contribution in [1.29, 1.82) is 0 Å². The second kappa shape index (κ2) is 4.75. The van der Waals surface area contributed by atoms with E-state index < -0.39 is 0 Å². The maximum Gasteiger partial charge on any atom is 0.126 e. The number of para-hydroxylation sites is 1. The lowest BCUT2D eigenvalue weighted by Crippen LogP contribution is -1.89. The van der Waals surface area contributed by atoms with Crippen LogP contribution in [0.25, 0.3) is 22.0 Å². The highest BCUT2D eigenvalue weighted by molar-refractivity contribution is 7.13. The molecule has 0 aliphatic carbocycles. The number of benzene rings is 1. The summed E-state index contributed by atoms with van der Waals surface area (Å²) in [6.07, 6.45) is 0. The van der Waals surface area contributed by atoms with E-state index in [1.165, 1.54) is 4.88 Å². The van der Waals surface area contributed by atoms with Gasteiger partial charge in [-0.2, -0.15) is 0 Å². The topological polar surface area (TPSA) is 51.8 Å². The molecule has 0 aliphatic heterocycles. The Morgan fingerprint density at radius 3 is 2.58 bits per heavy atom. The summed E-state index contributed by atoms with van der Waals surface area (Å²) >= 11 is 3.30. The fraction of sp³-hybridized carbons (Fsp3) is 0.143. The highest BCUT2D eigenvalue weighted by Crippen LogP contribution is 2.33. The molecule has 0 amide bonds. The standard InChI is InChI=1S/C14H13N3S2/c1-8-13(16-9(2)19-8)12-7-18-14(17-12)10-5-3-4-6-11(10)15/h3-7H,15H2,1-2H3. The summed E-state index contributed by atoms with van der Waals surface area (Å²) in [7, 11) is 0. The lowest BCUT2D eigenvalue weighted by atomic mass is 10.2. The minimum atomic E-state index is 0.759. The molecule has 0 fully saturated rings. The molecule has 0 unspecified atom stereocenters. The van der Waals surface area contributed by atoms with Crippen molar-refractivity contribution in [2.24, 2.45) is 0 Å². The third kappa shape index (κ3) is 2.27. The molecule has 96 valence electrons. The molecule has 0 saturated carbocycles. The van der Waals surface area contributed by atoms with Crippen molar-refractivity contribution < 1.29 is 0 Å². The first-order valence-electron chi connectivity index (χ1n) is 5.90. The van der Waals surface area contributed by atoms with Gasteiger partial charge in [-0.05, 0) is 26.0 Å². The molecule has 19 heavy (non-hydrogen) atoms. The number of nitrogens with zero attached hydrogens (tertiary/aromatic N) is 2. The fourth-order valence-electron chi connectivity index (χ4n) is 1.96. The number of aryl methyl sites for hydroxylation is 2. The molecule has 3 rings (SSSR count). The van der Waals surface area contributed by atoms with Crippen molar-refractivity contribution in [2.45, 2.75) is 13.8 Å². The first-order valence-corrected chi connectivity index (χ1v) is 7.59. The third-order valence-corrected chi connectivity index (χ3v) is 4.60. The van der Waals surface area contributed by atoms with Gasteiger partial charge in [-0.1, -0.05) is 12.1 Å². The van der Waals surface area contributed by atoms with Crippen LogP contribution >= 0.6 is 22.7 Å². The summed E-state index contributed by atoms with van der Waals surface area (Å²) in [6.45, 7) is 4.10. The largest absolute Gasteiger partial charge is 0.398 e. The van der Waals surface area contributed by atoms with E-state index in [9.17, 15) is 0 Å². The van der Waals surface area contributed by atoms with Crippen LogP contribution in [0.15, 0.2) is 29.6 Å². The minimum absolute atomic E-state index is 0.759. The average molecular weight is 287 g/mol. The maximum atomic E-state index is 5.99. The Morgan fingerprint density at radius 1 is 1.11 bits per heavy atom. The Balaban J connectivity index is 2.05. The number of nitrogens with two attached hydrogens (primary N) is 1. The van der Waals surface area contributed by atoms with Gasteiger partial charge in [-0.3, -0.25) is 0 Å². The highest BCUT2D eigenvalue weighted by atomic mass is 32.1. The Morgan fingerprint density at radius 2 is 1.89 bits per heavy atom. The summed E-state index contributed by atoms with van der Waals surface area (Å²) in [5, 5.41) is 4.06. The van der Waals surface area contributed by atoms with Gasteiger partial charge in [0.15, 0.2) is 0 Å². The van der Waals surface area contributed by atoms with Gasteiger partial charge >= 0.3 is 0 Å². The smallest absolute Gasteiger partial charge is 0.126 e. The van der Waals surface area contributed by atoms with Crippen LogP contribution in [0.1, 0.15) is 9.88 Å². The molecular weight excluding hydrogens is 274 g/mol. The second-order valence-electron chi connectivity index (χ2n) is 4.26. The molecule has 2 aromatic heterocycles. The van der Waals surface area contributed by atoms with Crippen LogP contribution in [0.4, 0.5) is 5.69 Å². The zero-order valence-electron chi connectivity index (χ0n) is 10.7. The van der Waals surface area contributed by atoms with Gasteiger partial charge in [0.2, 0.25) is 0 Å². The van der Waals surface area contributed by atoms with Gasteiger partial charge in [0.1, 0.15) is 16.4 Å². The van der Waals surface area contributed by atoms with Gasteiger partial charge < -0.3 is 5.73 Å². The minimum Gasteiger partial charge on any atom is -0.398 e. The van der Waals surface area contributed by atoms with E-state index in [0.29, 0.717) is 0 Å². The van der Waals surface area contributed by atoms with Crippen molar-refractivity contribution in [2.75, 3.05) is 5.73 Å². The fourth-order valence-corrected chi connectivity index (χ4v) is 3.64. The van der Waals surface area contributed by atoms with Gasteiger partial charge in [-0.25, -0.2) is 9.97 Å². The highest BCUT2D eigenvalue weighted by Gasteiger charge is 2.13. The first kappa shape index (κ1) is 12.3. The molecule has 0 bridgehead atoms. The van der Waals surface area contributed by atoms with Crippen LogP contribution in [0.3, 0.4) is 0 Å².